The Balaban J connectivity index is 1.92. The Morgan fingerprint density at radius 3 is 2.75 bits per heavy atom. The minimum Gasteiger partial charge on any atom is -0.493 e. The van der Waals surface area contributed by atoms with Crippen LogP contribution in [0.3, 0.4) is 0 Å². The van der Waals surface area contributed by atoms with Crippen LogP contribution in [-0.4, -0.2) is 16.6 Å². The van der Waals surface area contributed by atoms with Gasteiger partial charge in [-0.05, 0) is 36.4 Å². The third-order valence-corrected chi connectivity index (χ3v) is 4.39. The van der Waals surface area contributed by atoms with E-state index in [4.69, 9.17) is 10.5 Å². The van der Waals surface area contributed by atoms with Gasteiger partial charge >= 0.3 is 0 Å². The van der Waals surface area contributed by atoms with Crippen molar-refractivity contribution in [3.63, 3.8) is 0 Å². The molecule has 1 atom stereocenters. The molecule has 0 amide bonds. The van der Waals surface area contributed by atoms with Gasteiger partial charge in [-0.2, -0.15) is 0 Å². The fraction of sp³-hybridized carbons (Fsp3) is 0.143. The summed E-state index contributed by atoms with van der Waals surface area (Å²) in [5.74, 6) is 0.341. The molecule has 0 saturated carbocycles. The lowest BCUT2D eigenvalue weighted by atomic mass is 10.3. The van der Waals surface area contributed by atoms with Crippen LogP contribution in [0.15, 0.2) is 51.8 Å². The first kappa shape index (κ1) is 15.0. The summed E-state index contributed by atoms with van der Waals surface area (Å²) < 4.78 is 31.9. The van der Waals surface area contributed by atoms with E-state index in [1.165, 1.54) is 18.2 Å². The minimum absolute atomic E-state index is 0.150. The molecule has 2 rings (SSSR count). The monoisotopic (exact) mass is 357 g/mol. The zero-order chi connectivity index (χ0) is 14.5. The molecule has 0 saturated heterocycles. The molecular weight excluding hydrogens is 345 g/mol. The van der Waals surface area contributed by atoms with Gasteiger partial charge in [0.2, 0.25) is 0 Å². The largest absolute Gasteiger partial charge is 0.493 e. The lowest BCUT2D eigenvalue weighted by Crippen LogP contribution is -2.10. The lowest BCUT2D eigenvalue weighted by molar-refractivity contribution is 0.342. The highest BCUT2D eigenvalue weighted by atomic mass is 79.9. The van der Waals surface area contributed by atoms with Crippen LogP contribution in [0.1, 0.15) is 0 Å². The molecule has 0 aliphatic heterocycles. The molecule has 0 aliphatic rings. The number of ether oxygens (including phenoxy) is 1. The smallest absolute Gasteiger partial charge is 0.141 e. The fourth-order valence-electron chi connectivity index (χ4n) is 1.60. The van der Waals surface area contributed by atoms with Gasteiger partial charge in [-0.25, -0.2) is 4.39 Å². The molecule has 106 valence electrons. The molecule has 6 heteroatoms. The summed E-state index contributed by atoms with van der Waals surface area (Å²) >= 11 is 3.33. The van der Waals surface area contributed by atoms with Gasteiger partial charge in [-0.15, -0.1) is 0 Å². The van der Waals surface area contributed by atoms with Crippen molar-refractivity contribution in [2.45, 2.75) is 4.90 Å². The van der Waals surface area contributed by atoms with Crippen molar-refractivity contribution >= 4 is 32.4 Å². The van der Waals surface area contributed by atoms with Crippen LogP contribution in [0, 0.1) is 5.82 Å². The van der Waals surface area contributed by atoms with E-state index >= 15 is 0 Å². The number of rotatable bonds is 5. The van der Waals surface area contributed by atoms with E-state index in [0.29, 0.717) is 11.4 Å². The molecule has 20 heavy (non-hydrogen) atoms. The summed E-state index contributed by atoms with van der Waals surface area (Å²) in [6.07, 6.45) is 0. The van der Waals surface area contributed by atoms with Crippen molar-refractivity contribution in [2.75, 3.05) is 18.1 Å². The summed E-state index contributed by atoms with van der Waals surface area (Å²) in [5.41, 5.74) is 5.76. The molecule has 0 bridgehead atoms. The Bertz CT molecular complexity index is 636. The molecule has 0 heterocycles. The zero-order valence-electron chi connectivity index (χ0n) is 10.5. The normalized spacial score (nSPS) is 12.1. The Kier molecular flexibility index (Phi) is 5.14. The zero-order valence-corrected chi connectivity index (χ0v) is 12.9. The average Bonchev–Trinajstić information content (AvgIpc) is 2.38. The first-order chi connectivity index (χ1) is 9.56. The highest BCUT2D eigenvalue weighted by Crippen LogP contribution is 2.19. The second kappa shape index (κ2) is 6.85. The standard InChI is InChI=1S/C14H13BrFNO2S/c15-10-2-1-3-12(8-10)19-6-7-20(18)14-5-4-11(17)9-13(14)16/h1-5,8-9H,6-7,17H2. The highest BCUT2D eigenvalue weighted by Gasteiger charge is 2.10. The highest BCUT2D eigenvalue weighted by molar-refractivity contribution is 9.10. The van der Waals surface area contributed by atoms with Gasteiger partial charge < -0.3 is 10.5 Å². The molecule has 0 aromatic heterocycles. The minimum atomic E-state index is -1.45. The van der Waals surface area contributed by atoms with E-state index in [-0.39, 0.29) is 17.3 Å². The number of nitrogen functional groups attached to an aromatic ring is 1. The first-order valence-electron chi connectivity index (χ1n) is 5.88. The predicted molar refractivity (Wildman–Crippen MR) is 81.7 cm³/mol. The Morgan fingerprint density at radius 2 is 2.05 bits per heavy atom. The van der Waals surface area contributed by atoms with Crippen LogP contribution in [0.5, 0.6) is 5.75 Å². The van der Waals surface area contributed by atoms with E-state index in [2.05, 4.69) is 15.9 Å². The number of anilines is 1. The van der Waals surface area contributed by atoms with Crippen molar-refractivity contribution in [1.29, 1.82) is 0 Å². The van der Waals surface area contributed by atoms with E-state index in [1.54, 1.807) is 6.07 Å². The number of nitrogens with two attached hydrogens (primary N) is 1. The van der Waals surface area contributed by atoms with Gasteiger partial charge in [0.25, 0.3) is 0 Å². The van der Waals surface area contributed by atoms with Crippen molar-refractivity contribution in [1.82, 2.24) is 0 Å². The molecule has 2 N–H and O–H groups in total. The quantitative estimate of drug-likeness (QED) is 0.834. The number of hydrogen-bond donors (Lipinski definition) is 1. The van der Waals surface area contributed by atoms with Crippen LogP contribution in [-0.2, 0) is 10.8 Å². The lowest BCUT2D eigenvalue weighted by Gasteiger charge is -2.07. The van der Waals surface area contributed by atoms with Gasteiger partial charge in [0.05, 0.1) is 21.4 Å². The fourth-order valence-corrected chi connectivity index (χ4v) is 2.93. The van der Waals surface area contributed by atoms with Crippen molar-refractivity contribution in [3.8, 4) is 5.75 Å². The van der Waals surface area contributed by atoms with E-state index in [9.17, 15) is 8.60 Å². The van der Waals surface area contributed by atoms with E-state index in [1.807, 2.05) is 18.2 Å². The van der Waals surface area contributed by atoms with Gasteiger partial charge in [-0.1, -0.05) is 22.0 Å². The first-order valence-corrected chi connectivity index (χ1v) is 7.99. The molecule has 0 fully saturated rings. The van der Waals surface area contributed by atoms with Crippen LogP contribution < -0.4 is 10.5 Å². The maximum absolute atomic E-state index is 13.6. The van der Waals surface area contributed by atoms with Crippen molar-refractivity contribution in [3.05, 3.63) is 52.8 Å². The third kappa shape index (κ3) is 4.05. The number of halogens is 2. The van der Waals surface area contributed by atoms with Crippen LogP contribution in [0.4, 0.5) is 10.1 Å². The van der Waals surface area contributed by atoms with E-state index < -0.39 is 16.6 Å². The average molecular weight is 358 g/mol. The van der Waals surface area contributed by atoms with Crippen molar-refractivity contribution in [2.24, 2.45) is 0 Å². The van der Waals surface area contributed by atoms with Crippen molar-refractivity contribution < 1.29 is 13.3 Å². The second-order valence-corrected chi connectivity index (χ2v) is 6.50. The molecule has 0 radical (unpaired) electrons. The molecule has 0 spiro atoms. The summed E-state index contributed by atoms with van der Waals surface area (Å²) in [4.78, 5) is 0.150. The molecule has 3 nitrogen and oxygen atoms in total. The Morgan fingerprint density at radius 1 is 1.25 bits per heavy atom. The number of benzene rings is 2. The molecule has 0 aliphatic carbocycles. The van der Waals surface area contributed by atoms with Gasteiger partial charge in [0.15, 0.2) is 0 Å². The van der Waals surface area contributed by atoms with Crippen LogP contribution in [0.25, 0.3) is 0 Å². The summed E-state index contributed by atoms with van der Waals surface area (Å²) in [6.45, 7) is 0.243. The van der Waals surface area contributed by atoms with Gasteiger partial charge in [0.1, 0.15) is 18.2 Å². The molecular formula is C14H13BrFNO2S. The topological polar surface area (TPSA) is 52.3 Å². The maximum Gasteiger partial charge on any atom is 0.141 e. The number of hydrogen-bond acceptors (Lipinski definition) is 3. The SMILES string of the molecule is Nc1ccc(S(=O)CCOc2cccc(Br)c2)c(F)c1. The summed E-state index contributed by atoms with van der Waals surface area (Å²) in [5, 5.41) is 0. The van der Waals surface area contributed by atoms with Crippen LogP contribution in [0.2, 0.25) is 0 Å². The second-order valence-electron chi connectivity index (χ2n) is 4.05. The molecule has 2 aromatic carbocycles. The van der Waals surface area contributed by atoms with Gasteiger partial charge in [-0.3, -0.25) is 4.21 Å². The molecule has 2 aromatic rings. The third-order valence-electron chi connectivity index (χ3n) is 2.53. The summed E-state index contributed by atoms with van der Waals surface area (Å²) in [6, 6.07) is 11.5. The summed E-state index contributed by atoms with van der Waals surface area (Å²) in [7, 11) is -1.45. The van der Waals surface area contributed by atoms with E-state index in [0.717, 1.165) is 4.47 Å². The Labute approximate surface area is 127 Å². The van der Waals surface area contributed by atoms with Crippen LogP contribution >= 0.6 is 15.9 Å². The van der Waals surface area contributed by atoms with Gasteiger partial charge in [0, 0.05) is 10.2 Å². The predicted octanol–water partition coefficient (Wildman–Crippen LogP) is 3.36. The molecule has 1 unspecified atom stereocenters. The maximum atomic E-state index is 13.6. The Hall–Kier alpha value is -1.40.